The number of aliphatic hydroxyl groups excluding tert-OH is 1. The third kappa shape index (κ3) is 4.62. The molecule has 1 saturated carbocycles. The van der Waals surface area contributed by atoms with Crippen LogP contribution in [0.1, 0.15) is 32.1 Å². The topological polar surface area (TPSA) is 32.3 Å². The minimum Gasteiger partial charge on any atom is -0.381 e. The lowest BCUT2D eigenvalue weighted by Crippen LogP contribution is -2.24. The molecule has 0 atom stereocenters. The first kappa shape index (κ1) is 11.2. The van der Waals surface area contributed by atoms with E-state index in [9.17, 15) is 0 Å². The number of halogens is 1. The van der Waals surface area contributed by atoms with Crippen LogP contribution in [0.25, 0.3) is 0 Å². The maximum atomic E-state index is 8.49. The first-order valence-electron chi connectivity index (χ1n) is 4.25. The molecule has 0 bridgehead atoms. The van der Waals surface area contributed by atoms with E-state index in [1.165, 1.54) is 32.1 Å². The summed E-state index contributed by atoms with van der Waals surface area (Å²) >= 11 is 0. The minimum atomic E-state index is 0. The molecule has 1 aliphatic carbocycles. The van der Waals surface area contributed by atoms with E-state index >= 15 is 0 Å². The van der Waals surface area contributed by atoms with Gasteiger partial charge in [0.1, 0.15) is 0 Å². The van der Waals surface area contributed by atoms with Crippen molar-refractivity contribution >= 4 is 12.4 Å². The summed E-state index contributed by atoms with van der Waals surface area (Å²) in [6, 6.07) is 0. The monoisotopic (exact) mass is 179 g/mol. The summed E-state index contributed by atoms with van der Waals surface area (Å²) in [5.74, 6) is 0.834. The number of rotatable bonds is 3. The van der Waals surface area contributed by atoms with Gasteiger partial charge in [0, 0.05) is 6.54 Å². The molecule has 0 aromatic heterocycles. The van der Waals surface area contributed by atoms with Crippen LogP contribution in [-0.4, -0.2) is 18.4 Å². The Hall–Kier alpha value is 0.210. The molecule has 0 radical (unpaired) electrons. The van der Waals surface area contributed by atoms with Crippen molar-refractivity contribution < 1.29 is 5.11 Å². The molecule has 0 aromatic rings. The van der Waals surface area contributed by atoms with E-state index < -0.39 is 0 Å². The van der Waals surface area contributed by atoms with E-state index in [4.69, 9.17) is 5.11 Å². The molecule has 11 heavy (non-hydrogen) atoms. The van der Waals surface area contributed by atoms with Crippen molar-refractivity contribution in [3.8, 4) is 0 Å². The standard InChI is InChI=1S/C8H17NO.ClH/c10-7-9-6-8-4-2-1-3-5-8;/h8-10H,1-7H2;1H. The highest BCUT2D eigenvalue weighted by molar-refractivity contribution is 5.85. The molecule has 2 nitrogen and oxygen atoms in total. The van der Waals surface area contributed by atoms with Crippen LogP contribution in [0.15, 0.2) is 0 Å². The average molecular weight is 180 g/mol. The molecule has 2 N–H and O–H groups in total. The van der Waals surface area contributed by atoms with Crippen molar-refractivity contribution in [3.05, 3.63) is 0 Å². The highest BCUT2D eigenvalue weighted by Gasteiger charge is 2.11. The van der Waals surface area contributed by atoms with Gasteiger partial charge in [0.25, 0.3) is 0 Å². The molecule has 1 aliphatic rings. The van der Waals surface area contributed by atoms with Gasteiger partial charge in [-0.3, -0.25) is 5.32 Å². The van der Waals surface area contributed by atoms with Crippen LogP contribution in [0.3, 0.4) is 0 Å². The van der Waals surface area contributed by atoms with Crippen molar-refractivity contribution in [3.63, 3.8) is 0 Å². The second kappa shape index (κ2) is 6.89. The predicted molar refractivity (Wildman–Crippen MR) is 48.9 cm³/mol. The number of hydrogen-bond donors (Lipinski definition) is 2. The summed E-state index contributed by atoms with van der Waals surface area (Å²) < 4.78 is 0. The fraction of sp³-hybridized carbons (Fsp3) is 1.00. The van der Waals surface area contributed by atoms with Gasteiger partial charge in [-0.25, -0.2) is 0 Å². The Labute approximate surface area is 74.8 Å². The van der Waals surface area contributed by atoms with Gasteiger partial charge in [0.2, 0.25) is 0 Å². The van der Waals surface area contributed by atoms with Gasteiger partial charge in [-0.15, -0.1) is 12.4 Å². The van der Waals surface area contributed by atoms with Crippen LogP contribution in [-0.2, 0) is 0 Å². The molecule has 0 heterocycles. The lowest BCUT2D eigenvalue weighted by Gasteiger charge is -2.20. The minimum absolute atomic E-state index is 0. The van der Waals surface area contributed by atoms with E-state index in [0.717, 1.165) is 12.5 Å². The van der Waals surface area contributed by atoms with Crippen molar-refractivity contribution in [1.82, 2.24) is 5.32 Å². The fourth-order valence-corrected chi connectivity index (χ4v) is 1.66. The normalized spacial score (nSPS) is 19.4. The van der Waals surface area contributed by atoms with E-state index in [2.05, 4.69) is 5.32 Å². The van der Waals surface area contributed by atoms with Gasteiger partial charge >= 0.3 is 0 Å². The highest BCUT2D eigenvalue weighted by atomic mass is 35.5. The van der Waals surface area contributed by atoms with Crippen LogP contribution >= 0.6 is 12.4 Å². The summed E-state index contributed by atoms with van der Waals surface area (Å²) in [5, 5.41) is 11.5. The Morgan fingerprint density at radius 1 is 1.18 bits per heavy atom. The fourth-order valence-electron chi connectivity index (χ4n) is 1.66. The molecule has 0 aliphatic heterocycles. The Kier molecular flexibility index (Phi) is 7.02. The van der Waals surface area contributed by atoms with Crippen molar-refractivity contribution in [1.29, 1.82) is 0 Å². The molecule has 3 heteroatoms. The van der Waals surface area contributed by atoms with Crippen molar-refractivity contribution in [2.45, 2.75) is 32.1 Å². The Morgan fingerprint density at radius 2 is 1.82 bits per heavy atom. The molecule has 0 aromatic carbocycles. The van der Waals surface area contributed by atoms with Gasteiger partial charge in [0.05, 0.1) is 6.73 Å². The zero-order valence-corrected chi connectivity index (χ0v) is 7.70. The van der Waals surface area contributed by atoms with Crippen LogP contribution in [0.4, 0.5) is 0 Å². The van der Waals surface area contributed by atoms with E-state index in [0.29, 0.717) is 0 Å². The van der Waals surface area contributed by atoms with E-state index in [1.54, 1.807) is 0 Å². The number of hydrogen-bond acceptors (Lipinski definition) is 2. The summed E-state index contributed by atoms with van der Waals surface area (Å²) in [6.45, 7) is 1.15. The summed E-state index contributed by atoms with van der Waals surface area (Å²) in [7, 11) is 0. The predicted octanol–water partition coefficient (Wildman–Crippen LogP) is 1.53. The second-order valence-corrected chi connectivity index (χ2v) is 3.12. The Morgan fingerprint density at radius 3 is 2.36 bits per heavy atom. The molecular formula is C8H18ClNO. The smallest absolute Gasteiger partial charge is 0.0931 e. The number of aliphatic hydroxyl groups is 1. The van der Waals surface area contributed by atoms with Gasteiger partial charge in [-0.2, -0.15) is 0 Å². The largest absolute Gasteiger partial charge is 0.381 e. The third-order valence-electron chi connectivity index (χ3n) is 2.27. The molecular weight excluding hydrogens is 162 g/mol. The van der Waals surface area contributed by atoms with Gasteiger partial charge in [-0.05, 0) is 18.8 Å². The molecule has 1 fully saturated rings. The van der Waals surface area contributed by atoms with Gasteiger partial charge < -0.3 is 5.11 Å². The van der Waals surface area contributed by atoms with Crippen LogP contribution in [0.5, 0.6) is 0 Å². The first-order valence-corrected chi connectivity index (χ1v) is 4.25. The van der Waals surface area contributed by atoms with Gasteiger partial charge in [0.15, 0.2) is 0 Å². The highest BCUT2D eigenvalue weighted by Crippen LogP contribution is 2.22. The summed E-state index contributed by atoms with van der Waals surface area (Å²) in [4.78, 5) is 0. The van der Waals surface area contributed by atoms with Crippen LogP contribution in [0, 0.1) is 5.92 Å². The Balaban J connectivity index is 0.000001000. The third-order valence-corrected chi connectivity index (χ3v) is 2.27. The van der Waals surface area contributed by atoms with Crippen molar-refractivity contribution in [2.75, 3.05) is 13.3 Å². The van der Waals surface area contributed by atoms with E-state index in [1.807, 2.05) is 0 Å². The van der Waals surface area contributed by atoms with Gasteiger partial charge in [-0.1, -0.05) is 19.3 Å². The average Bonchev–Trinajstić information content (AvgIpc) is 2.03. The molecule has 1 rings (SSSR count). The first-order chi connectivity index (χ1) is 4.93. The maximum absolute atomic E-state index is 8.49. The summed E-state index contributed by atoms with van der Waals surface area (Å²) in [5.41, 5.74) is 0. The quantitative estimate of drug-likeness (QED) is 0.645. The summed E-state index contributed by atoms with van der Waals surface area (Å²) in [6.07, 6.45) is 6.89. The van der Waals surface area contributed by atoms with E-state index in [-0.39, 0.29) is 19.1 Å². The maximum Gasteiger partial charge on any atom is 0.0931 e. The van der Waals surface area contributed by atoms with Crippen LogP contribution in [0.2, 0.25) is 0 Å². The zero-order valence-electron chi connectivity index (χ0n) is 6.88. The molecule has 0 spiro atoms. The molecule has 0 saturated heterocycles. The lowest BCUT2D eigenvalue weighted by molar-refractivity contribution is 0.237. The Bertz CT molecular complexity index is 84.2. The second-order valence-electron chi connectivity index (χ2n) is 3.12. The van der Waals surface area contributed by atoms with Crippen molar-refractivity contribution in [2.24, 2.45) is 5.92 Å². The SMILES string of the molecule is Cl.OCNCC1CCCCC1. The number of nitrogens with one attached hydrogen (secondary N) is 1. The molecule has 0 unspecified atom stereocenters. The van der Waals surface area contributed by atoms with Crippen LogP contribution < -0.4 is 5.32 Å². The zero-order chi connectivity index (χ0) is 7.23. The molecule has 68 valence electrons. The lowest BCUT2D eigenvalue weighted by atomic mass is 9.89. The molecule has 0 amide bonds.